The highest BCUT2D eigenvalue weighted by atomic mass is 19.1. The van der Waals surface area contributed by atoms with Crippen molar-refractivity contribution >= 4 is 17.3 Å². The van der Waals surface area contributed by atoms with Crippen LogP contribution in [-0.4, -0.2) is 17.6 Å². The van der Waals surface area contributed by atoms with Gasteiger partial charge in [0.25, 0.3) is 0 Å². The van der Waals surface area contributed by atoms with Gasteiger partial charge in [-0.15, -0.1) is 0 Å². The van der Waals surface area contributed by atoms with Crippen molar-refractivity contribution in [1.29, 1.82) is 0 Å². The zero-order chi connectivity index (χ0) is 14.5. The van der Waals surface area contributed by atoms with Crippen LogP contribution in [0.1, 0.15) is 48.9 Å². The molecule has 1 aliphatic carbocycles. The Morgan fingerprint density at radius 3 is 2.70 bits per heavy atom. The van der Waals surface area contributed by atoms with Gasteiger partial charge in [0.2, 0.25) is 0 Å². The first-order chi connectivity index (χ1) is 9.59. The SMILES string of the molecule is Nc1c(F)ccc(NCCC2CCCCC2)c1C(=O)O. The molecule has 0 amide bonds. The second kappa shape index (κ2) is 6.59. The van der Waals surface area contributed by atoms with E-state index in [9.17, 15) is 9.18 Å². The lowest BCUT2D eigenvalue weighted by Gasteiger charge is -2.22. The number of nitrogens with two attached hydrogens (primary N) is 1. The number of aromatic carboxylic acids is 1. The first kappa shape index (κ1) is 14.6. The molecule has 0 spiro atoms. The Kier molecular flexibility index (Phi) is 4.82. The van der Waals surface area contributed by atoms with Crippen molar-refractivity contribution in [3.63, 3.8) is 0 Å². The molecule has 0 aliphatic heterocycles. The molecule has 20 heavy (non-hydrogen) atoms. The summed E-state index contributed by atoms with van der Waals surface area (Å²) in [4.78, 5) is 11.2. The summed E-state index contributed by atoms with van der Waals surface area (Å²) in [5, 5.41) is 12.2. The van der Waals surface area contributed by atoms with Gasteiger partial charge in [-0.3, -0.25) is 0 Å². The third-order valence-corrected chi connectivity index (χ3v) is 4.00. The standard InChI is InChI=1S/C15H21FN2O2/c16-11-6-7-12(13(14(11)17)15(19)20)18-9-8-10-4-2-1-3-5-10/h6-7,10,18H,1-5,8-9,17H2,(H,19,20). The van der Waals surface area contributed by atoms with Gasteiger partial charge in [0.05, 0.1) is 11.4 Å². The number of carboxylic acid groups (broad SMARTS) is 1. The van der Waals surface area contributed by atoms with E-state index in [1.54, 1.807) is 0 Å². The predicted molar refractivity (Wildman–Crippen MR) is 77.5 cm³/mol. The molecule has 1 aromatic rings. The predicted octanol–water partition coefficient (Wildman–Crippen LogP) is 3.49. The molecule has 110 valence electrons. The molecule has 1 aromatic carbocycles. The highest BCUT2D eigenvalue weighted by Crippen LogP contribution is 2.28. The Labute approximate surface area is 118 Å². The zero-order valence-corrected chi connectivity index (χ0v) is 11.5. The van der Waals surface area contributed by atoms with Gasteiger partial charge in [0.15, 0.2) is 0 Å². The summed E-state index contributed by atoms with van der Waals surface area (Å²) in [6.07, 6.45) is 7.40. The summed E-state index contributed by atoms with van der Waals surface area (Å²) < 4.78 is 13.3. The summed E-state index contributed by atoms with van der Waals surface area (Å²) in [5.41, 5.74) is 5.42. The number of carboxylic acids is 1. The Bertz CT molecular complexity index is 485. The molecule has 4 nitrogen and oxygen atoms in total. The summed E-state index contributed by atoms with van der Waals surface area (Å²) in [5.74, 6) is -1.19. The van der Waals surface area contributed by atoms with Crippen molar-refractivity contribution in [2.75, 3.05) is 17.6 Å². The van der Waals surface area contributed by atoms with Crippen LogP contribution in [-0.2, 0) is 0 Å². The fourth-order valence-electron chi connectivity index (χ4n) is 2.86. The van der Waals surface area contributed by atoms with Gasteiger partial charge in [-0.1, -0.05) is 32.1 Å². The highest BCUT2D eigenvalue weighted by Gasteiger charge is 2.18. The van der Waals surface area contributed by atoms with Crippen LogP contribution in [0.2, 0.25) is 0 Å². The molecule has 2 rings (SSSR count). The van der Waals surface area contributed by atoms with E-state index in [1.165, 1.54) is 44.2 Å². The van der Waals surface area contributed by atoms with E-state index in [0.717, 1.165) is 6.42 Å². The lowest BCUT2D eigenvalue weighted by atomic mass is 9.87. The Morgan fingerprint density at radius 2 is 2.05 bits per heavy atom. The van der Waals surface area contributed by atoms with Crippen molar-refractivity contribution in [3.05, 3.63) is 23.5 Å². The number of anilines is 2. The van der Waals surface area contributed by atoms with E-state index in [4.69, 9.17) is 10.8 Å². The Morgan fingerprint density at radius 1 is 1.35 bits per heavy atom. The molecule has 0 aromatic heterocycles. The third-order valence-electron chi connectivity index (χ3n) is 4.00. The van der Waals surface area contributed by atoms with Crippen LogP contribution in [0.4, 0.5) is 15.8 Å². The smallest absolute Gasteiger partial charge is 0.340 e. The minimum Gasteiger partial charge on any atom is -0.478 e. The van der Waals surface area contributed by atoms with Crippen molar-refractivity contribution in [2.24, 2.45) is 5.92 Å². The van der Waals surface area contributed by atoms with Gasteiger partial charge in [-0.2, -0.15) is 0 Å². The number of hydrogen-bond donors (Lipinski definition) is 3. The van der Waals surface area contributed by atoms with Crippen LogP contribution < -0.4 is 11.1 Å². The van der Waals surface area contributed by atoms with Crippen LogP contribution in [0.3, 0.4) is 0 Å². The second-order valence-electron chi connectivity index (χ2n) is 5.41. The van der Waals surface area contributed by atoms with Crippen molar-refractivity contribution < 1.29 is 14.3 Å². The molecule has 0 unspecified atom stereocenters. The van der Waals surface area contributed by atoms with Gasteiger partial charge in [0, 0.05) is 6.54 Å². The largest absolute Gasteiger partial charge is 0.478 e. The first-order valence-electron chi connectivity index (χ1n) is 7.14. The topological polar surface area (TPSA) is 75.3 Å². The molecule has 0 heterocycles. The monoisotopic (exact) mass is 280 g/mol. The fraction of sp³-hybridized carbons (Fsp3) is 0.533. The van der Waals surface area contributed by atoms with E-state index >= 15 is 0 Å². The van der Waals surface area contributed by atoms with E-state index in [0.29, 0.717) is 18.2 Å². The molecule has 0 radical (unpaired) electrons. The van der Waals surface area contributed by atoms with Crippen LogP contribution >= 0.6 is 0 Å². The van der Waals surface area contributed by atoms with Crippen LogP contribution in [0, 0.1) is 11.7 Å². The van der Waals surface area contributed by atoms with E-state index < -0.39 is 11.8 Å². The maximum atomic E-state index is 13.3. The number of nitrogens with one attached hydrogen (secondary N) is 1. The number of carbonyl (C=O) groups is 1. The normalized spacial score (nSPS) is 16.1. The van der Waals surface area contributed by atoms with E-state index in [1.807, 2.05) is 0 Å². The van der Waals surface area contributed by atoms with Gasteiger partial charge < -0.3 is 16.2 Å². The number of nitrogen functional groups attached to an aromatic ring is 1. The third kappa shape index (κ3) is 3.40. The number of hydrogen-bond acceptors (Lipinski definition) is 3. The molecule has 1 fully saturated rings. The molecule has 4 N–H and O–H groups in total. The summed E-state index contributed by atoms with van der Waals surface area (Å²) in [6.45, 7) is 0.690. The average molecular weight is 280 g/mol. The molecule has 0 atom stereocenters. The molecular formula is C15H21FN2O2. The van der Waals surface area contributed by atoms with E-state index in [2.05, 4.69) is 5.32 Å². The quantitative estimate of drug-likeness (QED) is 0.722. The average Bonchev–Trinajstić information content (AvgIpc) is 2.43. The minimum absolute atomic E-state index is 0.173. The van der Waals surface area contributed by atoms with Gasteiger partial charge in [0.1, 0.15) is 11.4 Å². The summed E-state index contributed by atoms with van der Waals surface area (Å²) in [7, 11) is 0. The van der Waals surface area contributed by atoms with Crippen LogP contribution in [0.15, 0.2) is 12.1 Å². The number of benzene rings is 1. The molecular weight excluding hydrogens is 259 g/mol. The summed E-state index contributed by atoms with van der Waals surface area (Å²) in [6, 6.07) is 2.64. The molecule has 1 saturated carbocycles. The first-order valence-corrected chi connectivity index (χ1v) is 7.14. The lowest BCUT2D eigenvalue weighted by Crippen LogP contribution is -2.15. The van der Waals surface area contributed by atoms with Crippen molar-refractivity contribution in [3.8, 4) is 0 Å². The Hall–Kier alpha value is -1.78. The minimum atomic E-state index is -1.21. The maximum Gasteiger partial charge on any atom is 0.340 e. The van der Waals surface area contributed by atoms with E-state index in [-0.39, 0.29) is 11.3 Å². The van der Waals surface area contributed by atoms with Crippen molar-refractivity contribution in [2.45, 2.75) is 38.5 Å². The summed E-state index contributed by atoms with van der Waals surface area (Å²) >= 11 is 0. The van der Waals surface area contributed by atoms with Gasteiger partial charge in [-0.05, 0) is 24.5 Å². The van der Waals surface area contributed by atoms with Crippen molar-refractivity contribution in [1.82, 2.24) is 0 Å². The lowest BCUT2D eigenvalue weighted by molar-refractivity contribution is 0.0698. The van der Waals surface area contributed by atoms with Crippen LogP contribution in [0.5, 0.6) is 0 Å². The molecule has 1 aliphatic rings. The zero-order valence-electron chi connectivity index (χ0n) is 11.5. The number of halogens is 1. The molecule has 0 bridgehead atoms. The fourth-order valence-corrected chi connectivity index (χ4v) is 2.86. The highest BCUT2D eigenvalue weighted by molar-refractivity contribution is 6.00. The van der Waals surface area contributed by atoms with Crippen LogP contribution in [0.25, 0.3) is 0 Å². The van der Waals surface area contributed by atoms with Gasteiger partial charge in [-0.25, -0.2) is 9.18 Å². The molecule has 0 saturated heterocycles. The van der Waals surface area contributed by atoms with Gasteiger partial charge >= 0.3 is 5.97 Å². The second-order valence-corrected chi connectivity index (χ2v) is 5.41. The number of rotatable bonds is 5. The Balaban J connectivity index is 1.98. The maximum absolute atomic E-state index is 13.3. The molecule has 5 heteroatoms.